The zero-order valence-electron chi connectivity index (χ0n) is 4.75. The van der Waals surface area contributed by atoms with Gasteiger partial charge in [-0.25, -0.2) is 4.98 Å². The minimum atomic E-state index is 0.551. The van der Waals surface area contributed by atoms with Gasteiger partial charge < -0.3 is 0 Å². The Morgan fingerprint density at radius 1 is 1.78 bits per heavy atom. The first-order valence-corrected chi connectivity index (χ1v) is 3.05. The van der Waals surface area contributed by atoms with Crippen LogP contribution in [-0.2, 0) is 0 Å². The molecule has 1 aromatic rings. The second-order valence-electron chi connectivity index (χ2n) is 1.38. The molecule has 4 nitrogen and oxygen atoms in total. The Balaban J connectivity index is 2.76. The third-order valence-corrected chi connectivity index (χ3v) is 1.41. The van der Waals surface area contributed by atoms with Crippen LogP contribution in [0.5, 0.6) is 0 Å². The van der Waals surface area contributed by atoms with Crippen molar-refractivity contribution in [3.8, 4) is 6.19 Å². The lowest BCUT2D eigenvalue weighted by molar-refractivity contribution is 1.17. The number of anilines is 1. The summed E-state index contributed by atoms with van der Waals surface area (Å²) in [5.41, 5.74) is 0. The summed E-state index contributed by atoms with van der Waals surface area (Å²) in [6.07, 6.45) is 1.76. The summed E-state index contributed by atoms with van der Waals surface area (Å²) < 4.78 is 3.85. The molecule has 5 heteroatoms. The van der Waals surface area contributed by atoms with Gasteiger partial charge in [-0.15, -0.1) is 0 Å². The Labute approximate surface area is 56.3 Å². The predicted molar refractivity (Wildman–Crippen MR) is 33.9 cm³/mol. The van der Waals surface area contributed by atoms with Crippen LogP contribution in [0.2, 0.25) is 0 Å². The first-order valence-electron chi connectivity index (χ1n) is 2.28. The van der Waals surface area contributed by atoms with Crippen LogP contribution in [0.1, 0.15) is 5.82 Å². The fraction of sp³-hybridized carbons (Fsp3) is 0.250. The molecular weight excluding hydrogens is 136 g/mol. The molecule has 0 aliphatic heterocycles. The molecule has 1 rings (SSSR count). The molecule has 0 radical (unpaired) electrons. The highest BCUT2D eigenvalue weighted by Crippen LogP contribution is 2.07. The van der Waals surface area contributed by atoms with Crippen molar-refractivity contribution in [3.63, 3.8) is 0 Å². The van der Waals surface area contributed by atoms with E-state index in [0.717, 1.165) is 0 Å². The molecule has 0 atom stereocenters. The Morgan fingerprint density at radius 2 is 2.56 bits per heavy atom. The first-order chi connectivity index (χ1) is 4.33. The average molecular weight is 140 g/mol. The Bertz CT molecular complexity index is 235. The van der Waals surface area contributed by atoms with Gasteiger partial charge in [0.1, 0.15) is 5.82 Å². The summed E-state index contributed by atoms with van der Waals surface area (Å²) in [6.45, 7) is 1.78. The van der Waals surface area contributed by atoms with Crippen molar-refractivity contribution in [2.24, 2.45) is 0 Å². The first kappa shape index (κ1) is 5.98. The van der Waals surface area contributed by atoms with Crippen LogP contribution in [0.4, 0.5) is 5.13 Å². The van der Waals surface area contributed by atoms with Gasteiger partial charge in [0.25, 0.3) is 0 Å². The summed E-state index contributed by atoms with van der Waals surface area (Å²) in [4.78, 5) is 3.87. The number of nitriles is 1. The van der Waals surface area contributed by atoms with Crippen LogP contribution in [0.25, 0.3) is 0 Å². The van der Waals surface area contributed by atoms with Crippen LogP contribution in [0.3, 0.4) is 0 Å². The van der Waals surface area contributed by atoms with Crippen LogP contribution in [-0.4, -0.2) is 9.36 Å². The summed E-state index contributed by atoms with van der Waals surface area (Å²) >= 11 is 1.18. The number of hydrogen-bond donors (Lipinski definition) is 1. The molecule has 1 heterocycles. The standard InChI is InChI=1S/C4H4N4S/c1-3-7-4(6-2-5)9-8-3/h1H3,(H,6,7,8). The SMILES string of the molecule is Cc1nsc(NC#N)n1. The highest BCUT2D eigenvalue weighted by Gasteiger charge is 1.94. The molecule has 0 aliphatic rings. The van der Waals surface area contributed by atoms with E-state index in [4.69, 9.17) is 5.26 Å². The number of rotatable bonds is 1. The maximum Gasteiger partial charge on any atom is 0.215 e. The highest BCUT2D eigenvalue weighted by atomic mass is 32.1. The minimum Gasteiger partial charge on any atom is -0.267 e. The van der Waals surface area contributed by atoms with Crippen molar-refractivity contribution in [3.05, 3.63) is 5.82 Å². The number of aryl methyl sites for hydroxylation is 1. The fourth-order valence-corrected chi connectivity index (χ4v) is 0.919. The molecular formula is C4H4N4S. The van der Waals surface area contributed by atoms with E-state index < -0.39 is 0 Å². The molecule has 46 valence electrons. The van der Waals surface area contributed by atoms with Gasteiger partial charge in [-0.2, -0.15) is 9.64 Å². The highest BCUT2D eigenvalue weighted by molar-refractivity contribution is 7.09. The molecule has 0 bridgehead atoms. The van der Waals surface area contributed by atoms with Crippen LogP contribution < -0.4 is 5.32 Å². The third kappa shape index (κ3) is 1.37. The van der Waals surface area contributed by atoms with E-state index >= 15 is 0 Å². The zero-order chi connectivity index (χ0) is 6.69. The molecule has 0 saturated carbocycles. The fourth-order valence-electron chi connectivity index (χ4n) is 0.396. The quantitative estimate of drug-likeness (QED) is 0.461. The lowest BCUT2D eigenvalue weighted by Crippen LogP contribution is -1.84. The van der Waals surface area contributed by atoms with Crippen molar-refractivity contribution in [1.29, 1.82) is 5.26 Å². The van der Waals surface area contributed by atoms with Gasteiger partial charge in [0.2, 0.25) is 5.13 Å². The van der Waals surface area contributed by atoms with E-state index in [-0.39, 0.29) is 0 Å². The number of aromatic nitrogens is 2. The average Bonchev–Trinajstić information content (AvgIpc) is 2.17. The molecule has 0 aliphatic carbocycles. The number of nitrogens with zero attached hydrogens (tertiary/aromatic N) is 3. The summed E-state index contributed by atoms with van der Waals surface area (Å²) in [5.74, 6) is 0.692. The monoisotopic (exact) mass is 140 g/mol. The van der Waals surface area contributed by atoms with Crippen molar-refractivity contribution in [2.75, 3.05) is 5.32 Å². The summed E-state index contributed by atoms with van der Waals surface area (Å²) in [6, 6.07) is 0. The Hall–Kier alpha value is -1.15. The van der Waals surface area contributed by atoms with Crippen molar-refractivity contribution in [2.45, 2.75) is 6.92 Å². The van der Waals surface area contributed by atoms with Gasteiger partial charge in [-0.3, -0.25) is 5.32 Å². The second kappa shape index (κ2) is 2.42. The Kier molecular flexibility index (Phi) is 1.60. The van der Waals surface area contributed by atoms with E-state index in [2.05, 4.69) is 14.7 Å². The summed E-state index contributed by atoms with van der Waals surface area (Å²) in [5, 5.41) is 11.0. The largest absolute Gasteiger partial charge is 0.267 e. The van der Waals surface area contributed by atoms with Gasteiger partial charge >= 0.3 is 0 Å². The Morgan fingerprint density at radius 3 is 3.00 bits per heavy atom. The summed E-state index contributed by atoms with van der Waals surface area (Å²) in [7, 11) is 0. The van der Waals surface area contributed by atoms with E-state index in [1.54, 1.807) is 13.1 Å². The van der Waals surface area contributed by atoms with E-state index in [9.17, 15) is 0 Å². The topological polar surface area (TPSA) is 61.6 Å². The van der Waals surface area contributed by atoms with Crippen LogP contribution >= 0.6 is 11.5 Å². The molecule has 0 aromatic carbocycles. The van der Waals surface area contributed by atoms with Crippen LogP contribution in [0.15, 0.2) is 0 Å². The van der Waals surface area contributed by atoms with E-state index in [0.29, 0.717) is 11.0 Å². The lowest BCUT2D eigenvalue weighted by atomic mass is 10.7. The van der Waals surface area contributed by atoms with Crippen molar-refractivity contribution < 1.29 is 0 Å². The maximum absolute atomic E-state index is 8.11. The van der Waals surface area contributed by atoms with Gasteiger partial charge in [0.05, 0.1) is 0 Å². The normalized spacial score (nSPS) is 8.44. The lowest BCUT2D eigenvalue weighted by Gasteiger charge is -1.79. The van der Waals surface area contributed by atoms with E-state index in [1.807, 2.05) is 0 Å². The third-order valence-electron chi connectivity index (χ3n) is 0.690. The van der Waals surface area contributed by atoms with Crippen molar-refractivity contribution in [1.82, 2.24) is 9.36 Å². The molecule has 0 amide bonds. The van der Waals surface area contributed by atoms with Gasteiger partial charge in [0.15, 0.2) is 6.19 Å². The molecule has 9 heavy (non-hydrogen) atoms. The van der Waals surface area contributed by atoms with Gasteiger partial charge in [-0.05, 0) is 6.92 Å². The van der Waals surface area contributed by atoms with E-state index in [1.165, 1.54) is 11.5 Å². The van der Waals surface area contributed by atoms with Crippen molar-refractivity contribution >= 4 is 16.7 Å². The van der Waals surface area contributed by atoms with Crippen LogP contribution in [0, 0.1) is 18.4 Å². The van der Waals surface area contributed by atoms with Gasteiger partial charge in [-0.1, -0.05) is 0 Å². The number of nitrogens with one attached hydrogen (secondary N) is 1. The maximum atomic E-state index is 8.11. The number of hydrogen-bond acceptors (Lipinski definition) is 5. The molecule has 0 unspecified atom stereocenters. The molecule has 1 aromatic heterocycles. The molecule has 0 saturated heterocycles. The van der Waals surface area contributed by atoms with Gasteiger partial charge in [0, 0.05) is 11.5 Å². The second-order valence-corrected chi connectivity index (χ2v) is 2.14. The predicted octanol–water partition coefficient (Wildman–Crippen LogP) is 0.739. The smallest absolute Gasteiger partial charge is 0.215 e. The molecule has 0 fully saturated rings. The molecule has 0 spiro atoms. The molecule has 1 N–H and O–H groups in total. The minimum absolute atomic E-state index is 0.551. The zero-order valence-corrected chi connectivity index (χ0v) is 5.57.